The fraction of sp³-hybridized carbons (Fsp3) is 0.840. The summed E-state index contributed by atoms with van der Waals surface area (Å²) in [5, 5.41) is 3.93. The Morgan fingerprint density at radius 1 is 0.900 bits per heavy atom. The highest BCUT2D eigenvalue weighted by atomic mass is 127. The van der Waals surface area contributed by atoms with E-state index in [0.29, 0.717) is 18.1 Å². The summed E-state index contributed by atoms with van der Waals surface area (Å²) >= 11 is 2.62. The van der Waals surface area contributed by atoms with Gasteiger partial charge in [0.05, 0.1) is 19.3 Å². The van der Waals surface area contributed by atoms with Crippen molar-refractivity contribution in [2.45, 2.75) is 93.1 Å². The highest BCUT2D eigenvalue weighted by Gasteiger charge is 2.32. The SMILES string of the molecule is IC1CCC(OC2=CC(N3CCOCC3)=CC3NCCCCCCCCCC23)CC1. The molecule has 0 radical (unpaired) electrons. The number of alkyl halides is 1. The first-order valence-corrected chi connectivity index (χ1v) is 13.8. The van der Waals surface area contributed by atoms with Crippen molar-refractivity contribution in [3.05, 3.63) is 23.6 Å². The minimum Gasteiger partial charge on any atom is -0.494 e. The van der Waals surface area contributed by atoms with Gasteiger partial charge in [-0.15, -0.1) is 0 Å². The Kier molecular flexibility index (Phi) is 9.24. The van der Waals surface area contributed by atoms with Crippen LogP contribution in [-0.4, -0.2) is 53.8 Å². The second-order valence-electron chi connectivity index (χ2n) is 9.58. The predicted octanol–water partition coefficient (Wildman–Crippen LogP) is 5.57. The first-order chi connectivity index (χ1) is 14.8. The summed E-state index contributed by atoms with van der Waals surface area (Å²) in [6.45, 7) is 4.78. The van der Waals surface area contributed by atoms with Crippen LogP contribution in [0.1, 0.15) is 77.0 Å². The van der Waals surface area contributed by atoms with E-state index in [1.54, 1.807) is 0 Å². The summed E-state index contributed by atoms with van der Waals surface area (Å²) in [5.41, 5.74) is 1.36. The van der Waals surface area contributed by atoms with Crippen LogP contribution in [0.2, 0.25) is 0 Å². The van der Waals surface area contributed by atoms with Crippen molar-refractivity contribution in [3.8, 4) is 0 Å². The van der Waals surface area contributed by atoms with Crippen molar-refractivity contribution in [1.29, 1.82) is 0 Å². The maximum absolute atomic E-state index is 6.81. The highest BCUT2D eigenvalue weighted by Crippen LogP contribution is 2.35. The zero-order valence-electron chi connectivity index (χ0n) is 18.6. The lowest BCUT2D eigenvalue weighted by atomic mass is 9.85. The number of ether oxygens (including phenoxy) is 2. The molecule has 0 spiro atoms. The molecule has 4 rings (SSSR count). The van der Waals surface area contributed by atoms with E-state index < -0.39 is 0 Å². The van der Waals surface area contributed by atoms with Crippen LogP contribution in [0.4, 0.5) is 0 Å². The lowest BCUT2D eigenvalue weighted by molar-refractivity contribution is 0.0466. The topological polar surface area (TPSA) is 33.7 Å². The Bertz CT molecular complexity index is 580. The zero-order chi connectivity index (χ0) is 20.6. The van der Waals surface area contributed by atoms with E-state index in [2.05, 4.69) is 45.0 Å². The third-order valence-corrected chi connectivity index (χ3v) is 8.54. The van der Waals surface area contributed by atoms with Gasteiger partial charge in [-0.3, -0.25) is 0 Å². The number of rotatable bonds is 3. The van der Waals surface area contributed by atoms with Gasteiger partial charge in [0.25, 0.3) is 0 Å². The summed E-state index contributed by atoms with van der Waals surface area (Å²) in [6, 6.07) is 0.406. The quantitative estimate of drug-likeness (QED) is 0.384. The summed E-state index contributed by atoms with van der Waals surface area (Å²) < 4.78 is 13.3. The standard InChI is InChI=1S/C25H41IN2O2/c26-20-9-11-22(12-10-20)30-25-19-21(28-14-16-29-17-15-28)18-24-23(25)8-6-4-2-1-3-5-7-13-27-24/h18-20,22-24,27H,1-17H2. The molecule has 1 N–H and O–H groups in total. The summed E-state index contributed by atoms with van der Waals surface area (Å²) in [4.78, 5) is 2.50. The van der Waals surface area contributed by atoms with Crippen LogP contribution in [0.3, 0.4) is 0 Å². The number of fused-ring (bicyclic) bond motifs is 1. The van der Waals surface area contributed by atoms with E-state index in [4.69, 9.17) is 9.47 Å². The first-order valence-electron chi connectivity index (χ1n) is 12.6. The minimum absolute atomic E-state index is 0.406. The van der Waals surface area contributed by atoms with Gasteiger partial charge >= 0.3 is 0 Å². The normalized spacial score (nSPS) is 34.6. The van der Waals surface area contributed by atoms with Gasteiger partial charge in [0.15, 0.2) is 0 Å². The smallest absolute Gasteiger partial charge is 0.103 e. The molecule has 0 bridgehead atoms. The fourth-order valence-corrected chi connectivity index (χ4v) is 6.13. The van der Waals surface area contributed by atoms with Crippen LogP contribution in [0, 0.1) is 5.92 Å². The van der Waals surface area contributed by atoms with Crippen LogP contribution < -0.4 is 5.32 Å². The average molecular weight is 529 g/mol. The van der Waals surface area contributed by atoms with Gasteiger partial charge in [0.2, 0.25) is 0 Å². The van der Waals surface area contributed by atoms with Gasteiger partial charge in [0.1, 0.15) is 5.76 Å². The maximum atomic E-state index is 6.81. The Balaban J connectivity index is 1.51. The maximum Gasteiger partial charge on any atom is 0.103 e. The second kappa shape index (κ2) is 12.1. The van der Waals surface area contributed by atoms with Crippen LogP contribution in [0.5, 0.6) is 0 Å². The molecular weight excluding hydrogens is 487 g/mol. The predicted molar refractivity (Wildman–Crippen MR) is 132 cm³/mol. The van der Waals surface area contributed by atoms with Gasteiger partial charge in [-0.25, -0.2) is 0 Å². The molecule has 0 amide bonds. The molecule has 1 saturated carbocycles. The molecule has 0 aromatic rings. The third kappa shape index (κ3) is 6.61. The number of allylic oxidation sites excluding steroid dienone is 1. The van der Waals surface area contributed by atoms with Crippen molar-refractivity contribution in [2.24, 2.45) is 5.92 Å². The molecule has 2 unspecified atom stereocenters. The van der Waals surface area contributed by atoms with E-state index in [1.165, 1.54) is 88.5 Å². The number of hydrogen-bond donors (Lipinski definition) is 1. The summed E-state index contributed by atoms with van der Waals surface area (Å²) in [5.74, 6) is 1.76. The van der Waals surface area contributed by atoms with Crippen molar-refractivity contribution < 1.29 is 9.47 Å². The molecule has 2 atom stereocenters. The van der Waals surface area contributed by atoms with Crippen LogP contribution in [0.15, 0.2) is 23.6 Å². The zero-order valence-corrected chi connectivity index (χ0v) is 20.8. The third-order valence-electron chi connectivity index (χ3n) is 7.29. The van der Waals surface area contributed by atoms with E-state index in [0.717, 1.165) is 36.8 Å². The largest absolute Gasteiger partial charge is 0.494 e. The molecule has 2 aliphatic carbocycles. The number of hydrogen-bond acceptors (Lipinski definition) is 4. The molecular formula is C25H41IN2O2. The molecule has 2 aliphatic heterocycles. The van der Waals surface area contributed by atoms with Crippen molar-refractivity contribution in [3.63, 3.8) is 0 Å². The highest BCUT2D eigenvalue weighted by molar-refractivity contribution is 14.1. The Morgan fingerprint density at radius 3 is 2.37 bits per heavy atom. The minimum atomic E-state index is 0.406. The van der Waals surface area contributed by atoms with Crippen LogP contribution in [0.25, 0.3) is 0 Å². The fourth-order valence-electron chi connectivity index (χ4n) is 5.41. The number of morpholine rings is 1. The van der Waals surface area contributed by atoms with E-state index >= 15 is 0 Å². The number of halogens is 1. The molecule has 5 heteroatoms. The van der Waals surface area contributed by atoms with Gasteiger partial charge < -0.3 is 19.7 Å². The van der Waals surface area contributed by atoms with Crippen LogP contribution in [-0.2, 0) is 9.47 Å². The van der Waals surface area contributed by atoms with E-state index in [9.17, 15) is 0 Å². The van der Waals surface area contributed by atoms with Gasteiger partial charge in [0, 0.05) is 34.7 Å². The summed E-state index contributed by atoms with van der Waals surface area (Å²) in [7, 11) is 0. The lowest BCUT2D eigenvalue weighted by Crippen LogP contribution is -2.43. The second-order valence-corrected chi connectivity index (χ2v) is 11.3. The molecule has 4 aliphatic rings. The van der Waals surface area contributed by atoms with Crippen molar-refractivity contribution >= 4 is 22.6 Å². The first kappa shape index (κ1) is 22.9. The molecule has 3 fully saturated rings. The monoisotopic (exact) mass is 528 g/mol. The number of nitrogens with one attached hydrogen (secondary N) is 1. The van der Waals surface area contributed by atoms with Gasteiger partial charge in [-0.2, -0.15) is 0 Å². The van der Waals surface area contributed by atoms with Gasteiger partial charge in [-0.1, -0.05) is 61.1 Å². The Hall–Kier alpha value is -0.270. The van der Waals surface area contributed by atoms with Crippen LogP contribution >= 0.6 is 22.6 Å². The Labute approximate surface area is 197 Å². The van der Waals surface area contributed by atoms with E-state index in [-0.39, 0.29) is 0 Å². The molecule has 0 aromatic heterocycles. The van der Waals surface area contributed by atoms with E-state index in [1.807, 2.05) is 0 Å². The average Bonchev–Trinajstić information content (AvgIpc) is 2.77. The van der Waals surface area contributed by atoms with Crippen molar-refractivity contribution in [2.75, 3.05) is 32.8 Å². The molecule has 170 valence electrons. The Morgan fingerprint density at radius 2 is 1.60 bits per heavy atom. The molecule has 2 heterocycles. The molecule has 4 nitrogen and oxygen atoms in total. The van der Waals surface area contributed by atoms with Gasteiger partial charge in [-0.05, 0) is 57.2 Å². The number of nitrogens with zero attached hydrogens (tertiary/aromatic N) is 1. The molecule has 2 saturated heterocycles. The summed E-state index contributed by atoms with van der Waals surface area (Å²) in [6.07, 6.45) is 21.2. The van der Waals surface area contributed by atoms with Crippen molar-refractivity contribution in [1.82, 2.24) is 10.2 Å². The lowest BCUT2D eigenvalue weighted by Gasteiger charge is -2.39. The molecule has 0 aromatic carbocycles. The molecule has 30 heavy (non-hydrogen) atoms.